The van der Waals surface area contributed by atoms with E-state index in [1.807, 2.05) is 26.0 Å². The van der Waals surface area contributed by atoms with E-state index in [0.29, 0.717) is 6.54 Å². The number of hydrogen-bond acceptors (Lipinski definition) is 4. The second kappa shape index (κ2) is 3.34. The fourth-order valence-corrected chi connectivity index (χ4v) is 1.33. The molecule has 0 atom stereocenters. The maximum atomic E-state index is 5.52. The highest BCUT2D eigenvalue weighted by atomic mass is 15.4. The molecule has 2 aromatic heterocycles. The van der Waals surface area contributed by atoms with E-state index in [0.717, 1.165) is 16.9 Å². The Bertz CT molecular complexity index is 445. The summed E-state index contributed by atoms with van der Waals surface area (Å²) < 4.78 is 1.80. The van der Waals surface area contributed by atoms with Gasteiger partial charge in [0.25, 0.3) is 0 Å². The summed E-state index contributed by atoms with van der Waals surface area (Å²) in [4.78, 5) is 4.39. The van der Waals surface area contributed by atoms with Crippen molar-refractivity contribution < 1.29 is 0 Å². The van der Waals surface area contributed by atoms with Crippen molar-refractivity contribution in [2.45, 2.75) is 26.4 Å². The molecule has 2 aromatic rings. The van der Waals surface area contributed by atoms with Crippen molar-refractivity contribution in [2.75, 3.05) is 0 Å². The van der Waals surface area contributed by atoms with Crippen molar-refractivity contribution in [3.8, 4) is 0 Å². The van der Waals surface area contributed by atoms with E-state index in [9.17, 15) is 0 Å². The first-order valence-electron chi connectivity index (χ1n) is 4.63. The van der Waals surface area contributed by atoms with Gasteiger partial charge in [-0.25, -0.2) is 9.67 Å². The van der Waals surface area contributed by atoms with Crippen LogP contribution in [-0.2, 0) is 6.54 Å². The summed E-state index contributed by atoms with van der Waals surface area (Å²) in [6, 6.07) is 4.04. The van der Waals surface area contributed by atoms with Crippen LogP contribution in [0.4, 0.5) is 0 Å². The number of pyridine rings is 1. The zero-order chi connectivity index (χ0) is 10.1. The van der Waals surface area contributed by atoms with Gasteiger partial charge in [-0.2, -0.15) is 0 Å². The Morgan fingerprint density at radius 3 is 2.86 bits per heavy atom. The molecule has 0 bridgehead atoms. The molecule has 0 unspecified atom stereocenters. The highest BCUT2D eigenvalue weighted by molar-refractivity contribution is 5.69. The smallest absolute Gasteiger partial charge is 0.178 e. The summed E-state index contributed by atoms with van der Waals surface area (Å²) in [5.74, 6) is 0. The lowest BCUT2D eigenvalue weighted by Crippen LogP contribution is -2.05. The molecule has 74 valence electrons. The van der Waals surface area contributed by atoms with Crippen LogP contribution in [0.3, 0.4) is 0 Å². The summed E-state index contributed by atoms with van der Waals surface area (Å²) in [5, 5.41) is 8.06. The fourth-order valence-electron chi connectivity index (χ4n) is 1.33. The summed E-state index contributed by atoms with van der Waals surface area (Å²) in [5.41, 5.74) is 8.01. The van der Waals surface area contributed by atoms with Gasteiger partial charge in [-0.3, -0.25) is 0 Å². The van der Waals surface area contributed by atoms with E-state index < -0.39 is 0 Å². The molecule has 0 aliphatic rings. The third kappa shape index (κ3) is 1.35. The minimum atomic E-state index is 0.264. The summed E-state index contributed by atoms with van der Waals surface area (Å²) in [6.45, 7) is 4.54. The second-order valence-electron chi connectivity index (χ2n) is 3.48. The Kier molecular flexibility index (Phi) is 2.17. The molecule has 0 aliphatic carbocycles. The first-order chi connectivity index (χ1) is 6.72. The van der Waals surface area contributed by atoms with Gasteiger partial charge in [-0.1, -0.05) is 5.21 Å². The van der Waals surface area contributed by atoms with E-state index in [1.165, 1.54) is 0 Å². The first-order valence-corrected chi connectivity index (χ1v) is 4.63. The van der Waals surface area contributed by atoms with E-state index >= 15 is 0 Å². The van der Waals surface area contributed by atoms with Crippen LogP contribution in [-0.4, -0.2) is 20.0 Å². The van der Waals surface area contributed by atoms with Gasteiger partial charge in [0.15, 0.2) is 5.65 Å². The Morgan fingerprint density at radius 2 is 2.21 bits per heavy atom. The number of rotatable bonds is 2. The number of nitrogens with zero attached hydrogens (tertiary/aromatic N) is 4. The predicted octanol–water partition coefficient (Wildman–Crippen LogP) is 0.866. The van der Waals surface area contributed by atoms with Crippen LogP contribution in [0.5, 0.6) is 0 Å². The van der Waals surface area contributed by atoms with Crippen molar-refractivity contribution >= 4 is 11.2 Å². The third-order valence-electron chi connectivity index (χ3n) is 2.08. The van der Waals surface area contributed by atoms with Crippen LogP contribution < -0.4 is 5.73 Å². The fraction of sp³-hybridized carbons (Fsp3) is 0.444. The maximum Gasteiger partial charge on any atom is 0.178 e. The molecule has 5 nitrogen and oxygen atoms in total. The lowest BCUT2D eigenvalue weighted by molar-refractivity contribution is 0.526. The zero-order valence-corrected chi connectivity index (χ0v) is 8.31. The number of hydrogen-bond donors (Lipinski definition) is 1. The van der Waals surface area contributed by atoms with Gasteiger partial charge in [-0.05, 0) is 26.0 Å². The summed E-state index contributed by atoms with van der Waals surface area (Å²) in [7, 11) is 0. The third-order valence-corrected chi connectivity index (χ3v) is 2.08. The van der Waals surface area contributed by atoms with E-state index in [2.05, 4.69) is 15.3 Å². The molecule has 2 heterocycles. The molecule has 14 heavy (non-hydrogen) atoms. The van der Waals surface area contributed by atoms with Gasteiger partial charge in [0.1, 0.15) is 5.52 Å². The van der Waals surface area contributed by atoms with Crippen molar-refractivity contribution in [2.24, 2.45) is 5.73 Å². The summed E-state index contributed by atoms with van der Waals surface area (Å²) >= 11 is 0. The van der Waals surface area contributed by atoms with Crippen LogP contribution in [0.1, 0.15) is 25.6 Å². The van der Waals surface area contributed by atoms with Crippen LogP contribution in [0.15, 0.2) is 12.1 Å². The lowest BCUT2D eigenvalue weighted by atomic mass is 10.3. The Balaban J connectivity index is 2.63. The average molecular weight is 191 g/mol. The van der Waals surface area contributed by atoms with E-state index in [-0.39, 0.29) is 6.04 Å². The van der Waals surface area contributed by atoms with Crippen LogP contribution in [0.25, 0.3) is 11.2 Å². The maximum absolute atomic E-state index is 5.52. The normalized spacial score (nSPS) is 11.4. The molecule has 2 N–H and O–H groups in total. The molecule has 0 aromatic carbocycles. The highest BCUT2D eigenvalue weighted by Gasteiger charge is 2.08. The molecule has 0 saturated heterocycles. The van der Waals surface area contributed by atoms with Gasteiger partial charge in [0, 0.05) is 6.54 Å². The van der Waals surface area contributed by atoms with Gasteiger partial charge >= 0.3 is 0 Å². The largest absolute Gasteiger partial charge is 0.325 e. The van der Waals surface area contributed by atoms with Crippen molar-refractivity contribution in [1.82, 2.24) is 20.0 Å². The average Bonchev–Trinajstić information content (AvgIpc) is 2.59. The van der Waals surface area contributed by atoms with E-state index in [4.69, 9.17) is 5.73 Å². The molecule has 0 saturated carbocycles. The Morgan fingerprint density at radius 1 is 1.43 bits per heavy atom. The van der Waals surface area contributed by atoms with Crippen LogP contribution in [0.2, 0.25) is 0 Å². The SMILES string of the molecule is CC(C)n1nnc2ccc(CN)nc21. The molecule has 0 radical (unpaired) electrons. The molecule has 0 amide bonds. The van der Waals surface area contributed by atoms with Gasteiger partial charge in [0.05, 0.1) is 11.7 Å². The van der Waals surface area contributed by atoms with Gasteiger partial charge in [-0.15, -0.1) is 5.10 Å². The van der Waals surface area contributed by atoms with Crippen molar-refractivity contribution in [1.29, 1.82) is 0 Å². The van der Waals surface area contributed by atoms with E-state index in [1.54, 1.807) is 4.68 Å². The van der Waals surface area contributed by atoms with Gasteiger partial charge < -0.3 is 5.73 Å². The molecule has 0 spiro atoms. The zero-order valence-electron chi connectivity index (χ0n) is 8.31. The molecular formula is C9H13N5. The minimum absolute atomic E-state index is 0.264. The number of aromatic nitrogens is 4. The quantitative estimate of drug-likeness (QED) is 0.764. The first kappa shape index (κ1) is 9.08. The standard InChI is InChI=1S/C9H13N5/c1-6(2)14-9-8(12-13-14)4-3-7(5-10)11-9/h3-4,6H,5,10H2,1-2H3. The second-order valence-corrected chi connectivity index (χ2v) is 3.48. The lowest BCUT2D eigenvalue weighted by Gasteiger charge is -2.04. The van der Waals surface area contributed by atoms with Crippen LogP contribution >= 0.6 is 0 Å². The predicted molar refractivity (Wildman–Crippen MR) is 53.6 cm³/mol. The highest BCUT2D eigenvalue weighted by Crippen LogP contribution is 2.13. The number of fused-ring (bicyclic) bond motifs is 1. The molecule has 0 aliphatic heterocycles. The van der Waals surface area contributed by atoms with Gasteiger partial charge in [0.2, 0.25) is 0 Å². The minimum Gasteiger partial charge on any atom is -0.325 e. The molecule has 0 fully saturated rings. The Labute approximate surface area is 81.9 Å². The summed E-state index contributed by atoms with van der Waals surface area (Å²) in [6.07, 6.45) is 0. The van der Waals surface area contributed by atoms with Crippen molar-refractivity contribution in [3.63, 3.8) is 0 Å². The molecule has 2 rings (SSSR count). The number of nitrogens with two attached hydrogens (primary N) is 1. The van der Waals surface area contributed by atoms with Crippen molar-refractivity contribution in [3.05, 3.63) is 17.8 Å². The topological polar surface area (TPSA) is 69.6 Å². The van der Waals surface area contributed by atoms with Crippen LogP contribution in [0, 0.1) is 0 Å². The Hall–Kier alpha value is -1.49. The monoisotopic (exact) mass is 191 g/mol. The molecule has 5 heteroatoms. The molecular weight excluding hydrogens is 178 g/mol.